The van der Waals surface area contributed by atoms with Crippen molar-refractivity contribution in [3.8, 4) is 0 Å². The molecule has 0 radical (unpaired) electrons. The zero-order chi connectivity index (χ0) is 32.1. The minimum absolute atomic E-state index is 0.0344. The molecule has 1 heterocycles. The van der Waals surface area contributed by atoms with Gasteiger partial charge in [-0.3, -0.25) is 34.2 Å². The van der Waals surface area contributed by atoms with E-state index in [4.69, 9.17) is 4.74 Å². The monoisotopic (exact) mass is 594 g/mol. The average molecular weight is 595 g/mol. The lowest BCUT2D eigenvalue weighted by Gasteiger charge is -2.30. The van der Waals surface area contributed by atoms with Crippen LogP contribution >= 0.6 is 0 Å². The first-order valence-electron chi connectivity index (χ1n) is 15.0. The number of hydrogen-bond acceptors (Lipinski definition) is 7. The number of esters is 1. The Morgan fingerprint density at radius 3 is 1.79 bits per heavy atom. The molecular formula is C33H46N4O6. The van der Waals surface area contributed by atoms with Gasteiger partial charge in [0.1, 0.15) is 17.7 Å². The number of carbonyl (C=O) groups excluding carboxylic acids is 5. The normalized spacial score (nSPS) is 15.4. The minimum atomic E-state index is -0.999. The molecule has 0 fully saturated rings. The average Bonchev–Trinajstić information content (AvgIpc) is 3.14. The molecule has 10 nitrogen and oxygen atoms in total. The van der Waals surface area contributed by atoms with Gasteiger partial charge >= 0.3 is 5.97 Å². The Bertz CT molecular complexity index is 1310. The molecule has 0 saturated heterocycles. The highest BCUT2D eigenvalue weighted by molar-refractivity contribution is 6.23. The van der Waals surface area contributed by atoms with E-state index in [1.165, 1.54) is 7.05 Å². The van der Waals surface area contributed by atoms with Gasteiger partial charge < -0.3 is 15.4 Å². The van der Waals surface area contributed by atoms with E-state index >= 15 is 0 Å². The lowest BCUT2D eigenvalue weighted by atomic mass is 9.99. The first-order chi connectivity index (χ1) is 20.1. The Morgan fingerprint density at radius 2 is 1.33 bits per heavy atom. The van der Waals surface area contributed by atoms with Crippen LogP contribution in [0.4, 0.5) is 0 Å². The summed E-state index contributed by atoms with van der Waals surface area (Å²) >= 11 is 0. The molecule has 3 rings (SSSR count). The highest BCUT2D eigenvalue weighted by atomic mass is 16.6. The van der Waals surface area contributed by atoms with Gasteiger partial charge in [-0.25, -0.2) is 0 Å². The van der Waals surface area contributed by atoms with Crippen LogP contribution in [0.15, 0.2) is 36.4 Å². The van der Waals surface area contributed by atoms with Crippen molar-refractivity contribution >= 4 is 40.4 Å². The van der Waals surface area contributed by atoms with Crippen molar-refractivity contribution in [2.75, 3.05) is 13.6 Å². The van der Waals surface area contributed by atoms with Gasteiger partial charge in [0.2, 0.25) is 11.8 Å². The van der Waals surface area contributed by atoms with Gasteiger partial charge in [0.05, 0.1) is 17.2 Å². The third-order valence-electron chi connectivity index (χ3n) is 7.18. The van der Waals surface area contributed by atoms with E-state index in [0.717, 1.165) is 15.7 Å². The summed E-state index contributed by atoms with van der Waals surface area (Å²) in [5, 5.41) is 10.3. The van der Waals surface area contributed by atoms with Gasteiger partial charge in [-0.05, 0) is 74.8 Å². The van der Waals surface area contributed by atoms with Crippen LogP contribution in [0.1, 0.15) is 88.4 Å². The summed E-state index contributed by atoms with van der Waals surface area (Å²) < 4.78 is 5.67. The SMILES string of the molecule is CNC(=O)[C@H](CC(C)C)NC(=O)[C@H](CC(C)C)N[C@H](CCN1C(=O)c2cc3ccccc3cc2C1=O)C(=O)OC(C)(C)C. The number of nitrogens with one attached hydrogen (secondary N) is 3. The van der Waals surface area contributed by atoms with E-state index < -0.39 is 47.4 Å². The number of benzene rings is 2. The fourth-order valence-corrected chi connectivity index (χ4v) is 5.20. The van der Waals surface area contributed by atoms with E-state index in [1.807, 2.05) is 52.0 Å². The molecule has 0 saturated carbocycles. The molecule has 0 spiro atoms. The van der Waals surface area contributed by atoms with Crippen LogP contribution in [0.25, 0.3) is 10.8 Å². The summed E-state index contributed by atoms with van der Waals surface area (Å²) in [6.07, 6.45) is 0.865. The fraction of sp³-hybridized carbons (Fsp3) is 0.545. The second-order valence-corrected chi connectivity index (χ2v) is 13.0. The Hall–Kier alpha value is -3.79. The first kappa shape index (κ1) is 33.7. The maximum atomic E-state index is 13.5. The van der Waals surface area contributed by atoms with Gasteiger partial charge in [-0.2, -0.15) is 0 Å². The highest BCUT2D eigenvalue weighted by Gasteiger charge is 2.38. The lowest BCUT2D eigenvalue weighted by Crippen LogP contribution is -2.56. The molecule has 3 N–H and O–H groups in total. The van der Waals surface area contributed by atoms with Crippen molar-refractivity contribution < 1.29 is 28.7 Å². The fourth-order valence-electron chi connectivity index (χ4n) is 5.20. The molecule has 43 heavy (non-hydrogen) atoms. The predicted octanol–water partition coefficient (Wildman–Crippen LogP) is 3.82. The van der Waals surface area contributed by atoms with Crippen LogP contribution in [0.2, 0.25) is 0 Å². The number of ether oxygens (including phenoxy) is 1. The third-order valence-corrected chi connectivity index (χ3v) is 7.18. The van der Waals surface area contributed by atoms with Gasteiger partial charge in [0, 0.05) is 13.6 Å². The number of likely N-dealkylation sites (N-methyl/N-ethyl adjacent to an activating group) is 1. The van der Waals surface area contributed by atoms with Crippen LogP contribution in [0, 0.1) is 11.8 Å². The Kier molecular flexibility index (Phi) is 11.1. The highest BCUT2D eigenvalue weighted by Crippen LogP contribution is 2.28. The van der Waals surface area contributed by atoms with Crippen LogP contribution in [0.5, 0.6) is 0 Å². The van der Waals surface area contributed by atoms with Gasteiger partial charge in [-0.15, -0.1) is 0 Å². The van der Waals surface area contributed by atoms with Crippen molar-refractivity contribution in [1.29, 1.82) is 0 Å². The van der Waals surface area contributed by atoms with Crippen molar-refractivity contribution in [2.24, 2.45) is 11.8 Å². The smallest absolute Gasteiger partial charge is 0.323 e. The van der Waals surface area contributed by atoms with E-state index in [2.05, 4.69) is 16.0 Å². The second kappa shape index (κ2) is 14.1. The summed E-state index contributed by atoms with van der Waals surface area (Å²) in [5.74, 6) is -1.92. The zero-order valence-electron chi connectivity index (χ0n) is 26.6. The molecule has 3 atom stereocenters. The van der Waals surface area contributed by atoms with Gasteiger partial charge in [-0.1, -0.05) is 52.0 Å². The number of fused-ring (bicyclic) bond motifs is 2. The topological polar surface area (TPSA) is 134 Å². The van der Waals surface area contributed by atoms with Crippen molar-refractivity contribution in [3.05, 3.63) is 47.5 Å². The number of hydrogen-bond donors (Lipinski definition) is 3. The molecule has 0 aliphatic carbocycles. The molecule has 0 bridgehead atoms. The maximum absolute atomic E-state index is 13.5. The van der Waals surface area contributed by atoms with Crippen LogP contribution in [0.3, 0.4) is 0 Å². The molecule has 1 aliphatic rings. The van der Waals surface area contributed by atoms with Crippen molar-refractivity contribution in [1.82, 2.24) is 20.9 Å². The third kappa shape index (κ3) is 8.86. The molecule has 2 aromatic rings. The minimum Gasteiger partial charge on any atom is -0.459 e. The van der Waals surface area contributed by atoms with Crippen molar-refractivity contribution in [3.63, 3.8) is 0 Å². The molecule has 0 aromatic heterocycles. The molecule has 2 aromatic carbocycles. The predicted molar refractivity (Wildman–Crippen MR) is 165 cm³/mol. The van der Waals surface area contributed by atoms with Crippen LogP contribution in [-0.4, -0.2) is 71.8 Å². The van der Waals surface area contributed by atoms with E-state index in [0.29, 0.717) is 24.0 Å². The number of nitrogens with zero attached hydrogens (tertiary/aromatic N) is 1. The second-order valence-electron chi connectivity index (χ2n) is 13.0. The Morgan fingerprint density at radius 1 is 0.814 bits per heavy atom. The zero-order valence-corrected chi connectivity index (χ0v) is 26.6. The maximum Gasteiger partial charge on any atom is 0.323 e. The number of carbonyl (C=O) groups is 5. The van der Waals surface area contributed by atoms with Crippen LogP contribution < -0.4 is 16.0 Å². The van der Waals surface area contributed by atoms with E-state index in [-0.39, 0.29) is 30.7 Å². The summed E-state index contributed by atoms with van der Waals surface area (Å²) in [7, 11) is 1.52. The molecule has 1 aliphatic heterocycles. The van der Waals surface area contributed by atoms with Gasteiger partial charge in [0.15, 0.2) is 0 Å². The summed E-state index contributed by atoms with van der Waals surface area (Å²) in [5.41, 5.74) is -0.148. The van der Waals surface area contributed by atoms with E-state index in [1.54, 1.807) is 32.9 Å². The van der Waals surface area contributed by atoms with Crippen molar-refractivity contribution in [2.45, 2.75) is 91.5 Å². The molecule has 10 heteroatoms. The number of amides is 4. The standard InChI is InChI=1S/C33H46N4O6/c1-19(2)15-26(28(38)34-8)36-29(39)27(16-20(3)4)35-25(32(42)43-33(5,6)7)13-14-37-30(40)23-17-21-11-9-10-12-22(21)18-24(23)31(37)41/h9-12,17-20,25-27,35H,13-16H2,1-8H3,(H,34,38)(H,36,39)/t25-,26+,27+/m1/s1. The number of rotatable bonds is 13. The summed E-state index contributed by atoms with van der Waals surface area (Å²) in [4.78, 5) is 67.2. The lowest BCUT2D eigenvalue weighted by molar-refractivity contribution is -0.158. The number of imide groups is 1. The molecule has 0 unspecified atom stereocenters. The van der Waals surface area contributed by atoms with E-state index in [9.17, 15) is 24.0 Å². The molecule has 4 amide bonds. The summed E-state index contributed by atoms with van der Waals surface area (Å²) in [6, 6.07) is 8.38. The van der Waals surface area contributed by atoms with Crippen LogP contribution in [-0.2, 0) is 19.1 Å². The molecular weight excluding hydrogens is 548 g/mol. The molecule has 234 valence electrons. The van der Waals surface area contributed by atoms with Gasteiger partial charge in [0.25, 0.3) is 11.8 Å². The summed E-state index contributed by atoms with van der Waals surface area (Å²) in [6.45, 7) is 13.0. The largest absolute Gasteiger partial charge is 0.459 e. The quantitative estimate of drug-likeness (QED) is 0.237. The Balaban J connectivity index is 1.84. The first-order valence-corrected chi connectivity index (χ1v) is 15.0. The Labute approximate surface area is 254 Å².